The van der Waals surface area contributed by atoms with Gasteiger partial charge < -0.3 is 15.6 Å². The lowest BCUT2D eigenvalue weighted by Crippen LogP contribution is -2.38. The summed E-state index contributed by atoms with van der Waals surface area (Å²) in [6, 6.07) is 6.77. The number of rotatable bonds is 2. The van der Waals surface area contributed by atoms with E-state index in [0.717, 1.165) is 10.9 Å². The molecule has 1 aromatic heterocycles. The van der Waals surface area contributed by atoms with Crippen molar-refractivity contribution in [1.82, 2.24) is 10.3 Å². The highest BCUT2D eigenvalue weighted by atomic mass is 32.2. The molecule has 1 unspecified atom stereocenters. The second-order valence-electron chi connectivity index (χ2n) is 4.94. The maximum Gasteiger partial charge on any atom is 0.319 e. The number of anilines is 1. The van der Waals surface area contributed by atoms with E-state index in [1.54, 1.807) is 12.3 Å². The highest BCUT2D eigenvalue weighted by Crippen LogP contribution is 2.22. The van der Waals surface area contributed by atoms with Crippen LogP contribution in [0.2, 0.25) is 0 Å². The van der Waals surface area contributed by atoms with Crippen molar-refractivity contribution in [3.8, 4) is 0 Å². The van der Waals surface area contributed by atoms with Crippen LogP contribution in [0.1, 0.15) is 6.42 Å². The van der Waals surface area contributed by atoms with Crippen LogP contribution in [0.4, 0.5) is 10.5 Å². The standard InChI is InChI=1S/C13H15N3O3S/c17-13(15-9-5-7-20(18,19)8-9)16-12-3-1-2-11-10(12)4-6-14-11/h1-4,6,9,14H,5,7-8H2,(H2,15,16,17). The summed E-state index contributed by atoms with van der Waals surface area (Å²) < 4.78 is 22.7. The second-order valence-corrected chi connectivity index (χ2v) is 7.17. The minimum Gasteiger partial charge on any atom is -0.361 e. The van der Waals surface area contributed by atoms with Crippen molar-refractivity contribution in [2.24, 2.45) is 0 Å². The normalized spacial score (nSPS) is 20.9. The molecule has 0 radical (unpaired) electrons. The first-order valence-electron chi connectivity index (χ1n) is 6.37. The molecule has 2 amide bonds. The molecule has 1 aliphatic rings. The number of carbonyl (C=O) groups is 1. The largest absolute Gasteiger partial charge is 0.361 e. The van der Waals surface area contributed by atoms with E-state index in [4.69, 9.17) is 0 Å². The first-order chi connectivity index (χ1) is 9.53. The molecule has 3 N–H and O–H groups in total. The van der Waals surface area contributed by atoms with Crippen molar-refractivity contribution >= 4 is 32.5 Å². The van der Waals surface area contributed by atoms with Gasteiger partial charge in [-0.25, -0.2) is 13.2 Å². The summed E-state index contributed by atoms with van der Waals surface area (Å²) in [5.74, 6) is 0.167. The monoisotopic (exact) mass is 293 g/mol. The Kier molecular flexibility index (Phi) is 3.13. The summed E-state index contributed by atoms with van der Waals surface area (Å²) in [6.45, 7) is 0. The molecule has 0 spiro atoms. The summed E-state index contributed by atoms with van der Waals surface area (Å²) in [7, 11) is -2.99. The number of hydrogen-bond donors (Lipinski definition) is 3. The van der Waals surface area contributed by atoms with Gasteiger partial charge in [-0.2, -0.15) is 0 Å². The fraction of sp³-hybridized carbons (Fsp3) is 0.308. The number of H-pyrrole nitrogens is 1. The van der Waals surface area contributed by atoms with Crippen LogP contribution in [0.3, 0.4) is 0 Å². The van der Waals surface area contributed by atoms with Crippen LogP contribution in [-0.2, 0) is 9.84 Å². The number of nitrogens with one attached hydrogen (secondary N) is 3. The molecule has 3 rings (SSSR count). The van der Waals surface area contributed by atoms with Crippen molar-refractivity contribution in [3.63, 3.8) is 0 Å². The van der Waals surface area contributed by atoms with Crippen LogP contribution in [-0.4, -0.2) is 37.0 Å². The fourth-order valence-corrected chi connectivity index (χ4v) is 4.12. The lowest BCUT2D eigenvalue weighted by molar-refractivity contribution is 0.249. The minimum absolute atomic E-state index is 0.0226. The Labute approximate surface area is 116 Å². The van der Waals surface area contributed by atoms with Gasteiger partial charge in [0.05, 0.1) is 17.2 Å². The maximum absolute atomic E-state index is 11.9. The Morgan fingerprint density at radius 2 is 2.15 bits per heavy atom. The van der Waals surface area contributed by atoms with Gasteiger partial charge in [-0.3, -0.25) is 0 Å². The third-order valence-corrected chi connectivity index (χ3v) is 5.18. The van der Waals surface area contributed by atoms with Crippen molar-refractivity contribution in [3.05, 3.63) is 30.5 Å². The molecule has 0 aliphatic carbocycles. The quantitative estimate of drug-likeness (QED) is 0.783. The number of amides is 2. The average molecular weight is 293 g/mol. The molecule has 7 heteroatoms. The Morgan fingerprint density at radius 3 is 2.90 bits per heavy atom. The predicted octanol–water partition coefficient (Wildman–Crippen LogP) is 1.48. The first kappa shape index (κ1) is 13.0. The zero-order chi connectivity index (χ0) is 14.2. The molecule has 2 heterocycles. The van der Waals surface area contributed by atoms with Gasteiger partial charge in [0.1, 0.15) is 0 Å². The SMILES string of the molecule is O=C(Nc1cccc2[nH]ccc12)NC1CCS(=O)(=O)C1. The van der Waals surface area contributed by atoms with E-state index in [2.05, 4.69) is 15.6 Å². The third kappa shape index (κ3) is 2.62. The summed E-state index contributed by atoms with van der Waals surface area (Å²) in [5.41, 5.74) is 1.63. The van der Waals surface area contributed by atoms with Gasteiger partial charge >= 0.3 is 6.03 Å². The van der Waals surface area contributed by atoms with E-state index < -0.39 is 9.84 Å². The maximum atomic E-state index is 11.9. The zero-order valence-corrected chi connectivity index (χ0v) is 11.5. The molecule has 1 saturated heterocycles. The number of sulfone groups is 1. The topological polar surface area (TPSA) is 91.1 Å². The molecule has 20 heavy (non-hydrogen) atoms. The molecule has 106 valence electrons. The van der Waals surface area contributed by atoms with Gasteiger partial charge in [0.2, 0.25) is 0 Å². The molecular weight excluding hydrogens is 278 g/mol. The smallest absolute Gasteiger partial charge is 0.319 e. The predicted molar refractivity (Wildman–Crippen MR) is 77.5 cm³/mol. The lowest BCUT2D eigenvalue weighted by atomic mass is 10.2. The van der Waals surface area contributed by atoms with Crippen molar-refractivity contribution in [2.45, 2.75) is 12.5 Å². The number of aromatic amines is 1. The first-order valence-corrected chi connectivity index (χ1v) is 8.20. The van der Waals surface area contributed by atoms with Gasteiger partial charge in [0.25, 0.3) is 0 Å². The van der Waals surface area contributed by atoms with Gasteiger partial charge in [-0.05, 0) is 24.6 Å². The molecule has 1 fully saturated rings. The zero-order valence-electron chi connectivity index (χ0n) is 10.7. The van der Waals surface area contributed by atoms with Crippen LogP contribution in [0.15, 0.2) is 30.5 Å². The average Bonchev–Trinajstić information content (AvgIpc) is 2.96. The Bertz CT molecular complexity index is 751. The van der Waals surface area contributed by atoms with Crippen LogP contribution in [0.5, 0.6) is 0 Å². The van der Waals surface area contributed by atoms with Crippen LogP contribution < -0.4 is 10.6 Å². The molecule has 1 atom stereocenters. The van der Waals surface area contributed by atoms with E-state index in [1.807, 2.05) is 18.2 Å². The van der Waals surface area contributed by atoms with Gasteiger partial charge in [0, 0.05) is 23.1 Å². The number of benzene rings is 1. The number of fused-ring (bicyclic) bond motifs is 1. The van der Waals surface area contributed by atoms with Gasteiger partial charge in [0.15, 0.2) is 9.84 Å². The summed E-state index contributed by atoms with van der Waals surface area (Å²) in [5, 5.41) is 6.38. The van der Waals surface area contributed by atoms with E-state index in [1.165, 1.54) is 0 Å². The summed E-state index contributed by atoms with van der Waals surface area (Å²) >= 11 is 0. The van der Waals surface area contributed by atoms with Crippen LogP contribution in [0.25, 0.3) is 10.9 Å². The second kappa shape index (κ2) is 4.82. The Balaban J connectivity index is 1.69. The van der Waals surface area contributed by atoms with E-state index in [-0.39, 0.29) is 23.6 Å². The Hall–Kier alpha value is -2.02. The van der Waals surface area contributed by atoms with Crippen molar-refractivity contribution < 1.29 is 13.2 Å². The Morgan fingerprint density at radius 1 is 1.30 bits per heavy atom. The van der Waals surface area contributed by atoms with Crippen LogP contribution in [0, 0.1) is 0 Å². The van der Waals surface area contributed by atoms with Crippen LogP contribution >= 0.6 is 0 Å². The molecule has 1 aliphatic heterocycles. The fourth-order valence-electron chi connectivity index (χ4n) is 2.45. The minimum atomic E-state index is -2.99. The number of carbonyl (C=O) groups excluding carboxylic acids is 1. The molecule has 1 aromatic carbocycles. The molecule has 0 saturated carbocycles. The van der Waals surface area contributed by atoms with E-state index in [9.17, 15) is 13.2 Å². The highest BCUT2D eigenvalue weighted by molar-refractivity contribution is 7.91. The molecule has 0 bridgehead atoms. The lowest BCUT2D eigenvalue weighted by Gasteiger charge is -2.12. The van der Waals surface area contributed by atoms with Gasteiger partial charge in [-0.1, -0.05) is 6.07 Å². The van der Waals surface area contributed by atoms with Gasteiger partial charge in [-0.15, -0.1) is 0 Å². The number of urea groups is 1. The van der Waals surface area contributed by atoms with E-state index >= 15 is 0 Å². The molecular formula is C13H15N3O3S. The highest BCUT2D eigenvalue weighted by Gasteiger charge is 2.28. The molecule has 6 nitrogen and oxygen atoms in total. The van der Waals surface area contributed by atoms with Crippen molar-refractivity contribution in [2.75, 3.05) is 16.8 Å². The molecule has 2 aromatic rings. The summed E-state index contributed by atoms with van der Waals surface area (Å²) in [4.78, 5) is 15.0. The third-order valence-electron chi connectivity index (χ3n) is 3.41. The number of aromatic nitrogens is 1. The number of hydrogen-bond acceptors (Lipinski definition) is 3. The van der Waals surface area contributed by atoms with E-state index in [0.29, 0.717) is 12.1 Å². The summed E-state index contributed by atoms with van der Waals surface area (Å²) in [6.07, 6.45) is 2.28. The van der Waals surface area contributed by atoms with Crippen molar-refractivity contribution in [1.29, 1.82) is 0 Å².